The van der Waals surface area contributed by atoms with Crippen molar-refractivity contribution >= 4 is 11.7 Å². The Kier molecular flexibility index (Phi) is 6.21. The van der Waals surface area contributed by atoms with Gasteiger partial charge in [-0.25, -0.2) is 4.79 Å². The Bertz CT molecular complexity index is 642. The predicted molar refractivity (Wildman–Crippen MR) is 97.1 cm³/mol. The van der Waals surface area contributed by atoms with Gasteiger partial charge in [0.1, 0.15) is 0 Å². The van der Waals surface area contributed by atoms with Crippen LogP contribution in [0.1, 0.15) is 36.1 Å². The molecule has 2 amide bonds. The Labute approximate surface area is 139 Å². The normalized spacial score (nSPS) is 10.4. The fraction of sp³-hybridized carbons (Fsp3) is 0.350. The minimum absolute atomic E-state index is 0.130. The van der Waals surface area contributed by atoms with Gasteiger partial charge in [0.05, 0.1) is 0 Å². The van der Waals surface area contributed by atoms with Crippen LogP contribution in [0.25, 0.3) is 0 Å². The first-order valence-corrected chi connectivity index (χ1v) is 8.35. The van der Waals surface area contributed by atoms with Gasteiger partial charge >= 0.3 is 6.03 Å². The third-order valence-corrected chi connectivity index (χ3v) is 4.18. The number of aryl methyl sites for hydroxylation is 3. The monoisotopic (exact) mass is 310 g/mol. The molecule has 2 rings (SSSR count). The zero-order valence-corrected chi connectivity index (χ0v) is 14.3. The van der Waals surface area contributed by atoms with Crippen LogP contribution in [-0.2, 0) is 19.3 Å². The highest BCUT2D eigenvalue weighted by Gasteiger charge is 2.09. The summed E-state index contributed by atoms with van der Waals surface area (Å²) in [6, 6.07) is 14.3. The van der Waals surface area contributed by atoms with Gasteiger partial charge in [-0.05, 0) is 48.4 Å². The molecule has 3 heteroatoms. The van der Waals surface area contributed by atoms with E-state index in [0.29, 0.717) is 6.54 Å². The van der Waals surface area contributed by atoms with E-state index in [2.05, 4.69) is 61.7 Å². The Morgan fingerprint density at radius 1 is 0.913 bits per heavy atom. The Balaban J connectivity index is 1.94. The Hall–Kier alpha value is -2.29. The van der Waals surface area contributed by atoms with Crippen molar-refractivity contribution in [2.45, 2.75) is 40.0 Å². The lowest BCUT2D eigenvalue weighted by atomic mass is 10.0. The molecule has 0 heterocycles. The number of carbonyl (C=O) groups excluding carboxylic acids is 1. The molecule has 0 unspecified atom stereocenters. The largest absolute Gasteiger partial charge is 0.338 e. The maximum Gasteiger partial charge on any atom is 0.319 e. The van der Waals surface area contributed by atoms with Crippen LogP contribution in [0.3, 0.4) is 0 Å². The quantitative estimate of drug-likeness (QED) is 0.811. The first-order chi connectivity index (χ1) is 11.2. The van der Waals surface area contributed by atoms with E-state index < -0.39 is 0 Å². The highest BCUT2D eigenvalue weighted by atomic mass is 16.2. The molecule has 0 bridgehead atoms. The molecule has 0 radical (unpaired) electrons. The highest BCUT2D eigenvalue weighted by molar-refractivity contribution is 5.91. The van der Waals surface area contributed by atoms with E-state index in [1.807, 2.05) is 12.1 Å². The highest BCUT2D eigenvalue weighted by Crippen LogP contribution is 2.22. The lowest BCUT2D eigenvalue weighted by Gasteiger charge is -2.15. The maximum atomic E-state index is 12.2. The molecule has 0 aliphatic carbocycles. The van der Waals surface area contributed by atoms with Gasteiger partial charge in [-0.3, -0.25) is 0 Å². The lowest BCUT2D eigenvalue weighted by molar-refractivity contribution is 0.252. The Morgan fingerprint density at radius 3 is 2.13 bits per heavy atom. The zero-order chi connectivity index (χ0) is 16.7. The van der Waals surface area contributed by atoms with Gasteiger partial charge in [0.15, 0.2) is 0 Å². The third kappa shape index (κ3) is 4.59. The number of urea groups is 1. The van der Waals surface area contributed by atoms with Crippen molar-refractivity contribution in [3.63, 3.8) is 0 Å². The van der Waals surface area contributed by atoms with Gasteiger partial charge in [0.2, 0.25) is 0 Å². The van der Waals surface area contributed by atoms with Gasteiger partial charge in [-0.2, -0.15) is 0 Å². The van der Waals surface area contributed by atoms with Gasteiger partial charge in [-0.15, -0.1) is 0 Å². The second-order valence-electron chi connectivity index (χ2n) is 5.72. The molecule has 0 spiro atoms. The molecule has 0 saturated carbocycles. The van der Waals surface area contributed by atoms with Gasteiger partial charge in [0, 0.05) is 12.2 Å². The van der Waals surface area contributed by atoms with Crippen LogP contribution in [0.5, 0.6) is 0 Å². The SMILES string of the molecule is CCc1cccc(CC)c1NC(=O)NCCc1ccccc1C. The summed E-state index contributed by atoms with van der Waals surface area (Å²) in [6.45, 7) is 6.94. The minimum atomic E-state index is -0.130. The van der Waals surface area contributed by atoms with Gasteiger partial charge in [0.25, 0.3) is 0 Å². The summed E-state index contributed by atoms with van der Waals surface area (Å²) < 4.78 is 0. The number of para-hydroxylation sites is 1. The topological polar surface area (TPSA) is 41.1 Å². The molecule has 2 N–H and O–H groups in total. The molecule has 0 atom stereocenters. The number of rotatable bonds is 6. The van der Waals surface area contributed by atoms with Crippen molar-refractivity contribution < 1.29 is 4.79 Å². The number of amides is 2. The molecule has 0 aliphatic rings. The lowest BCUT2D eigenvalue weighted by Crippen LogP contribution is -2.31. The van der Waals surface area contributed by atoms with E-state index in [1.165, 1.54) is 22.3 Å². The first-order valence-electron chi connectivity index (χ1n) is 8.35. The van der Waals surface area contributed by atoms with Crippen LogP contribution >= 0.6 is 0 Å². The van der Waals surface area contributed by atoms with E-state index in [9.17, 15) is 4.79 Å². The second-order valence-corrected chi connectivity index (χ2v) is 5.72. The van der Waals surface area contributed by atoms with E-state index in [0.717, 1.165) is 24.9 Å². The zero-order valence-electron chi connectivity index (χ0n) is 14.3. The summed E-state index contributed by atoms with van der Waals surface area (Å²) in [5, 5.41) is 5.99. The molecule has 23 heavy (non-hydrogen) atoms. The van der Waals surface area contributed by atoms with Crippen molar-refractivity contribution in [3.05, 3.63) is 64.7 Å². The molecule has 0 fully saturated rings. The molecule has 0 saturated heterocycles. The molecule has 0 aromatic heterocycles. The average Bonchev–Trinajstić information content (AvgIpc) is 2.56. The van der Waals surface area contributed by atoms with Crippen LogP contribution in [0.2, 0.25) is 0 Å². The second kappa shape index (κ2) is 8.37. The predicted octanol–water partition coefficient (Wildman–Crippen LogP) is 4.48. The molecular formula is C20H26N2O. The van der Waals surface area contributed by atoms with Crippen molar-refractivity contribution in [2.24, 2.45) is 0 Å². The van der Waals surface area contributed by atoms with E-state index in [-0.39, 0.29) is 6.03 Å². The summed E-state index contributed by atoms with van der Waals surface area (Å²) in [7, 11) is 0. The van der Waals surface area contributed by atoms with Gasteiger partial charge in [-0.1, -0.05) is 56.3 Å². The molecule has 122 valence electrons. The molecule has 0 aliphatic heterocycles. The summed E-state index contributed by atoms with van der Waals surface area (Å²) in [4.78, 5) is 12.2. The third-order valence-electron chi connectivity index (χ3n) is 4.18. The average molecular weight is 310 g/mol. The summed E-state index contributed by atoms with van der Waals surface area (Å²) in [5.41, 5.74) is 5.86. The smallest absolute Gasteiger partial charge is 0.319 e. The number of carbonyl (C=O) groups is 1. The van der Waals surface area contributed by atoms with Crippen molar-refractivity contribution in [1.82, 2.24) is 5.32 Å². The summed E-state index contributed by atoms with van der Waals surface area (Å²) in [6.07, 6.45) is 2.66. The summed E-state index contributed by atoms with van der Waals surface area (Å²) >= 11 is 0. The van der Waals surface area contributed by atoms with E-state index in [1.54, 1.807) is 0 Å². The fourth-order valence-electron chi connectivity index (χ4n) is 2.76. The fourth-order valence-corrected chi connectivity index (χ4v) is 2.76. The number of nitrogens with one attached hydrogen (secondary N) is 2. The number of hydrogen-bond donors (Lipinski definition) is 2. The molecular weight excluding hydrogens is 284 g/mol. The van der Waals surface area contributed by atoms with Gasteiger partial charge < -0.3 is 10.6 Å². The van der Waals surface area contributed by atoms with Crippen LogP contribution in [0, 0.1) is 6.92 Å². The number of hydrogen-bond acceptors (Lipinski definition) is 1. The number of benzene rings is 2. The number of anilines is 1. The van der Waals surface area contributed by atoms with E-state index >= 15 is 0 Å². The van der Waals surface area contributed by atoms with Crippen LogP contribution in [-0.4, -0.2) is 12.6 Å². The molecule has 2 aromatic rings. The van der Waals surface area contributed by atoms with Crippen LogP contribution in [0.15, 0.2) is 42.5 Å². The standard InChI is InChI=1S/C20H26N2O/c1-4-16-11-8-12-17(5-2)19(16)22-20(23)21-14-13-18-10-7-6-9-15(18)3/h6-12H,4-5,13-14H2,1-3H3,(H2,21,22,23). The molecule has 2 aromatic carbocycles. The van der Waals surface area contributed by atoms with Crippen LogP contribution < -0.4 is 10.6 Å². The first kappa shape index (κ1) is 17.1. The maximum absolute atomic E-state index is 12.2. The van der Waals surface area contributed by atoms with E-state index in [4.69, 9.17) is 0 Å². The Morgan fingerprint density at radius 2 is 1.52 bits per heavy atom. The summed E-state index contributed by atoms with van der Waals surface area (Å²) in [5.74, 6) is 0. The molecule has 3 nitrogen and oxygen atoms in total. The minimum Gasteiger partial charge on any atom is -0.338 e. The van der Waals surface area contributed by atoms with Crippen LogP contribution in [0.4, 0.5) is 10.5 Å². The van der Waals surface area contributed by atoms with Crippen molar-refractivity contribution in [3.8, 4) is 0 Å². The van der Waals surface area contributed by atoms with Crippen molar-refractivity contribution in [2.75, 3.05) is 11.9 Å². The van der Waals surface area contributed by atoms with Crippen molar-refractivity contribution in [1.29, 1.82) is 0 Å².